The molecule has 0 saturated carbocycles. The van der Waals surface area contributed by atoms with Crippen molar-refractivity contribution in [2.45, 2.75) is 6.43 Å². The van der Waals surface area contributed by atoms with Gasteiger partial charge in [0.1, 0.15) is 0 Å². The molecule has 0 fully saturated rings. The van der Waals surface area contributed by atoms with Crippen LogP contribution in [0.4, 0.5) is 20.2 Å². The molecule has 0 bridgehead atoms. The third-order valence-corrected chi connectivity index (χ3v) is 1.98. The number of rotatable bonds is 3. The first-order valence-corrected chi connectivity index (χ1v) is 4.33. The Morgan fingerprint density at radius 3 is 2.73 bits per heavy atom. The zero-order valence-corrected chi connectivity index (χ0v) is 8.24. The van der Waals surface area contributed by atoms with Crippen molar-refractivity contribution in [3.05, 3.63) is 23.8 Å². The van der Waals surface area contributed by atoms with Crippen LogP contribution in [0.5, 0.6) is 0 Å². The highest BCUT2D eigenvalue weighted by Crippen LogP contribution is 2.23. The van der Waals surface area contributed by atoms with Crippen LogP contribution < -0.4 is 10.6 Å². The molecule has 0 amide bonds. The second-order valence-corrected chi connectivity index (χ2v) is 3.16. The van der Waals surface area contributed by atoms with E-state index in [1.807, 2.05) is 6.07 Å². The first-order valence-electron chi connectivity index (χ1n) is 4.33. The Morgan fingerprint density at radius 1 is 1.53 bits per heavy atom. The lowest BCUT2D eigenvalue weighted by Gasteiger charge is -2.20. The van der Waals surface area contributed by atoms with Gasteiger partial charge in [0.25, 0.3) is 6.43 Å². The van der Waals surface area contributed by atoms with Crippen LogP contribution in [0.2, 0.25) is 0 Å². The molecule has 5 heteroatoms. The van der Waals surface area contributed by atoms with Gasteiger partial charge in [0.15, 0.2) is 0 Å². The minimum Gasteiger partial charge on any atom is -0.397 e. The van der Waals surface area contributed by atoms with Gasteiger partial charge in [-0.25, -0.2) is 8.78 Å². The average Bonchev–Trinajstić information content (AvgIpc) is 2.17. The fraction of sp³-hybridized carbons (Fsp3) is 0.300. The molecule has 15 heavy (non-hydrogen) atoms. The van der Waals surface area contributed by atoms with Crippen LogP contribution in [0.1, 0.15) is 5.56 Å². The molecule has 3 nitrogen and oxygen atoms in total. The van der Waals surface area contributed by atoms with Crippen LogP contribution in [0.15, 0.2) is 18.2 Å². The molecule has 1 aromatic carbocycles. The number of anilines is 2. The lowest BCUT2D eigenvalue weighted by molar-refractivity contribution is 0.156. The summed E-state index contributed by atoms with van der Waals surface area (Å²) in [6, 6.07) is 6.52. The van der Waals surface area contributed by atoms with Crippen molar-refractivity contribution in [2.24, 2.45) is 0 Å². The van der Waals surface area contributed by atoms with Crippen molar-refractivity contribution in [3.63, 3.8) is 0 Å². The average molecular weight is 211 g/mol. The van der Waals surface area contributed by atoms with Gasteiger partial charge < -0.3 is 10.6 Å². The van der Waals surface area contributed by atoms with E-state index in [-0.39, 0.29) is 0 Å². The predicted molar refractivity (Wildman–Crippen MR) is 54.8 cm³/mol. The third kappa shape index (κ3) is 2.81. The number of halogens is 2. The van der Waals surface area contributed by atoms with Gasteiger partial charge in [0.2, 0.25) is 0 Å². The van der Waals surface area contributed by atoms with Crippen molar-refractivity contribution >= 4 is 11.4 Å². The summed E-state index contributed by atoms with van der Waals surface area (Å²) < 4.78 is 24.3. The molecule has 0 aliphatic rings. The van der Waals surface area contributed by atoms with E-state index in [0.717, 1.165) is 0 Å². The lowest BCUT2D eigenvalue weighted by atomic mass is 10.2. The monoisotopic (exact) mass is 211 g/mol. The summed E-state index contributed by atoms with van der Waals surface area (Å²) in [6.07, 6.45) is -2.43. The van der Waals surface area contributed by atoms with E-state index >= 15 is 0 Å². The minimum absolute atomic E-state index is 0.386. The van der Waals surface area contributed by atoms with Crippen molar-refractivity contribution in [1.29, 1.82) is 5.26 Å². The molecule has 0 radical (unpaired) electrons. The van der Waals surface area contributed by atoms with Crippen LogP contribution >= 0.6 is 0 Å². The van der Waals surface area contributed by atoms with Crippen LogP contribution in [0.3, 0.4) is 0 Å². The maximum absolute atomic E-state index is 12.1. The van der Waals surface area contributed by atoms with E-state index in [0.29, 0.717) is 16.9 Å². The van der Waals surface area contributed by atoms with Crippen molar-refractivity contribution in [3.8, 4) is 6.07 Å². The molecule has 0 saturated heterocycles. The highest BCUT2D eigenvalue weighted by Gasteiger charge is 2.11. The Balaban J connectivity index is 2.97. The summed E-state index contributed by atoms with van der Waals surface area (Å²) in [6.45, 7) is -0.404. The Kier molecular flexibility index (Phi) is 3.45. The number of nitrogen functional groups attached to an aromatic ring is 1. The Bertz CT molecular complexity index is 385. The maximum Gasteiger partial charge on any atom is 0.255 e. The fourth-order valence-electron chi connectivity index (χ4n) is 1.25. The van der Waals surface area contributed by atoms with Crippen molar-refractivity contribution < 1.29 is 8.78 Å². The zero-order valence-electron chi connectivity index (χ0n) is 8.24. The van der Waals surface area contributed by atoms with Gasteiger partial charge in [-0.3, -0.25) is 0 Å². The number of hydrogen-bond acceptors (Lipinski definition) is 3. The van der Waals surface area contributed by atoms with Gasteiger partial charge in [-0.2, -0.15) is 5.26 Å². The van der Waals surface area contributed by atoms with Crippen molar-refractivity contribution in [2.75, 3.05) is 24.2 Å². The number of nitriles is 1. The first kappa shape index (κ1) is 11.2. The number of nitrogens with zero attached hydrogens (tertiary/aromatic N) is 2. The van der Waals surface area contributed by atoms with Crippen molar-refractivity contribution in [1.82, 2.24) is 0 Å². The molecule has 0 aliphatic heterocycles. The van der Waals surface area contributed by atoms with Crippen LogP contribution in [-0.4, -0.2) is 20.0 Å². The summed E-state index contributed by atoms with van der Waals surface area (Å²) in [5.74, 6) is 0. The normalized spacial score (nSPS) is 10.1. The highest BCUT2D eigenvalue weighted by atomic mass is 19.3. The van der Waals surface area contributed by atoms with E-state index in [9.17, 15) is 8.78 Å². The molecule has 0 atom stereocenters. The Morgan fingerprint density at radius 2 is 2.20 bits per heavy atom. The van der Waals surface area contributed by atoms with E-state index in [2.05, 4.69) is 0 Å². The van der Waals surface area contributed by atoms with Gasteiger partial charge in [-0.1, -0.05) is 0 Å². The summed E-state index contributed by atoms with van der Waals surface area (Å²) in [4.78, 5) is 1.33. The lowest BCUT2D eigenvalue weighted by Crippen LogP contribution is -2.24. The number of hydrogen-bond donors (Lipinski definition) is 1. The van der Waals surface area contributed by atoms with E-state index < -0.39 is 13.0 Å². The Labute approximate surface area is 86.7 Å². The smallest absolute Gasteiger partial charge is 0.255 e. The maximum atomic E-state index is 12.1. The topological polar surface area (TPSA) is 53.0 Å². The number of alkyl halides is 2. The summed E-state index contributed by atoms with van der Waals surface area (Å²) in [5, 5.41) is 8.66. The summed E-state index contributed by atoms with van der Waals surface area (Å²) >= 11 is 0. The number of benzene rings is 1. The quantitative estimate of drug-likeness (QED) is 0.776. The first-order chi connectivity index (χ1) is 7.04. The minimum atomic E-state index is -2.43. The van der Waals surface area contributed by atoms with Gasteiger partial charge >= 0.3 is 0 Å². The van der Waals surface area contributed by atoms with Gasteiger partial charge in [-0.05, 0) is 18.2 Å². The largest absolute Gasteiger partial charge is 0.397 e. The molecule has 0 aliphatic carbocycles. The fourth-order valence-corrected chi connectivity index (χ4v) is 1.25. The molecule has 0 unspecified atom stereocenters. The molecular formula is C10H11F2N3. The predicted octanol–water partition coefficient (Wildman–Crippen LogP) is 1.84. The summed E-state index contributed by atoms with van der Waals surface area (Å²) in [5.41, 5.74) is 6.87. The SMILES string of the molecule is CN(CC(F)F)c1cc(C#N)ccc1N. The molecule has 2 N–H and O–H groups in total. The highest BCUT2D eigenvalue weighted by molar-refractivity contribution is 5.69. The molecule has 80 valence electrons. The van der Waals surface area contributed by atoms with E-state index in [1.54, 1.807) is 6.07 Å². The molecule has 0 heterocycles. The van der Waals surface area contributed by atoms with E-state index in [1.165, 1.54) is 24.1 Å². The standard InChI is InChI=1S/C10H11F2N3/c1-15(6-10(11)12)9-4-7(5-13)2-3-8(9)14/h2-4,10H,6,14H2,1H3. The number of nitrogens with two attached hydrogens (primary N) is 1. The zero-order chi connectivity index (χ0) is 11.4. The van der Waals surface area contributed by atoms with E-state index in [4.69, 9.17) is 11.0 Å². The molecule has 1 aromatic rings. The van der Waals surface area contributed by atoms with Gasteiger partial charge in [0, 0.05) is 7.05 Å². The third-order valence-electron chi connectivity index (χ3n) is 1.98. The molecule has 0 aromatic heterocycles. The summed E-state index contributed by atoms with van der Waals surface area (Å²) in [7, 11) is 1.51. The molecule has 0 spiro atoms. The second kappa shape index (κ2) is 4.60. The van der Waals surface area contributed by atoms with Gasteiger partial charge in [0.05, 0.1) is 29.6 Å². The Hall–Kier alpha value is -1.83. The second-order valence-electron chi connectivity index (χ2n) is 3.16. The van der Waals surface area contributed by atoms with Crippen LogP contribution in [-0.2, 0) is 0 Å². The van der Waals surface area contributed by atoms with Crippen LogP contribution in [0.25, 0.3) is 0 Å². The molecule has 1 rings (SSSR count). The van der Waals surface area contributed by atoms with Crippen LogP contribution in [0, 0.1) is 11.3 Å². The van der Waals surface area contributed by atoms with Gasteiger partial charge in [-0.15, -0.1) is 0 Å². The molecular weight excluding hydrogens is 200 g/mol.